The summed E-state index contributed by atoms with van der Waals surface area (Å²) < 4.78 is 11.2. The van der Waals surface area contributed by atoms with E-state index in [4.69, 9.17) is 9.47 Å². The molecular formula is C49H93NO8. The van der Waals surface area contributed by atoms with Gasteiger partial charge in [0, 0.05) is 6.42 Å². The Kier molecular flexibility index (Phi) is 36.4. The minimum atomic E-state index is -1.57. The highest BCUT2D eigenvalue weighted by molar-refractivity contribution is 5.76. The van der Waals surface area contributed by atoms with Gasteiger partial charge in [-0.25, -0.2) is 0 Å². The van der Waals surface area contributed by atoms with Crippen LogP contribution in [-0.2, 0) is 14.3 Å². The van der Waals surface area contributed by atoms with E-state index in [0.717, 1.165) is 38.0 Å². The largest absolute Gasteiger partial charge is 0.394 e. The van der Waals surface area contributed by atoms with E-state index in [1.165, 1.54) is 154 Å². The van der Waals surface area contributed by atoms with E-state index in [1.807, 2.05) is 6.08 Å². The number of carbonyl (C=O) groups is 1. The Balaban J connectivity index is 2.32. The molecule has 1 heterocycles. The minimum absolute atomic E-state index is 0.198. The summed E-state index contributed by atoms with van der Waals surface area (Å²) in [4.78, 5) is 13.0. The van der Waals surface area contributed by atoms with Crippen molar-refractivity contribution >= 4 is 5.91 Å². The molecule has 1 saturated heterocycles. The van der Waals surface area contributed by atoms with E-state index in [9.17, 15) is 30.3 Å². The molecule has 0 aromatic rings. The SMILES string of the molecule is CCCCCCCCCCCCCCCCCCC=CCCCC(=O)NC(COC1OC(CO)C(O)C(O)C1O)C(O)C=CCCCCCCCCCCC(C)CC. The summed E-state index contributed by atoms with van der Waals surface area (Å²) in [6, 6.07) is -0.818. The molecule has 1 amide bonds. The molecule has 0 aliphatic carbocycles. The van der Waals surface area contributed by atoms with Crippen LogP contribution in [0.1, 0.15) is 220 Å². The molecule has 0 spiro atoms. The number of amides is 1. The van der Waals surface area contributed by atoms with Crippen LogP contribution < -0.4 is 5.32 Å². The molecule has 1 aliphatic rings. The highest BCUT2D eigenvalue weighted by Crippen LogP contribution is 2.23. The summed E-state index contributed by atoms with van der Waals surface area (Å²) in [7, 11) is 0. The fourth-order valence-corrected chi connectivity index (χ4v) is 7.72. The molecule has 1 rings (SSSR count). The first-order chi connectivity index (χ1) is 28.2. The number of hydrogen-bond donors (Lipinski definition) is 6. The number of aliphatic hydroxyl groups excluding tert-OH is 5. The highest BCUT2D eigenvalue weighted by atomic mass is 16.7. The standard InChI is InChI=1S/C49H93NO8/c1-4-6-7-8-9-10-11-12-13-14-15-16-17-18-19-20-21-26-29-32-35-38-45(53)50-42(40-57-49-48(56)47(55)46(54)44(39-51)58-49)43(52)37-34-31-28-25-23-22-24-27-30-33-36-41(3)5-2/h26,29,34,37,41-44,46-49,51-52,54-56H,4-25,27-28,30-33,35-36,38-40H2,1-3H3,(H,50,53). The maximum absolute atomic E-state index is 13.0. The van der Waals surface area contributed by atoms with Crippen LogP contribution in [0, 0.1) is 5.92 Å². The predicted octanol–water partition coefficient (Wildman–Crippen LogP) is 10.5. The molecule has 9 heteroatoms. The van der Waals surface area contributed by atoms with Gasteiger partial charge < -0.3 is 40.3 Å². The lowest BCUT2D eigenvalue weighted by molar-refractivity contribution is -0.302. The van der Waals surface area contributed by atoms with Crippen molar-refractivity contribution in [1.29, 1.82) is 0 Å². The zero-order valence-corrected chi connectivity index (χ0v) is 37.7. The van der Waals surface area contributed by atoms with Crippen molar-refractivity contribution in [3.63, 3.8) is 0 Å². The average Bonchev–Trinajstić information content (AvgIpc) is 3.22. The lowest BCUT2D eigenvalue weighted by Gasteiger charge is -2.40. The first kappa shape index (κ1) is 54.7. The Hall–Kier alpha value is -1.33. The van der Waals surface area contributed by atoms with Crippen molar-refractivity contribution in [2.75, 3.05) is 13.2 Å². The molecule has 1 fully saturated rings. The summed E-state index contributed by atoms with van der Waals surface area (Å²) in [5, 5.41) is 54.2. The maximum atomic E-state index is 13.0. The summed E-state index contributed by atoms with van der Waals surface area (Å²) >= 11 is 0. The molecule has 0 saturated carbocycles. The smallest absolute Gasteiger partial charge is 0.220 e. The van der Waals surface area contributed by atoms with E-state index < -0.39 is 49.5 Å². The summed E-state index contributed by atoms with van der Waals surface area (Å²) in [6.07, 6.45) is 38.0. The van der Waals surface area contributed by atoms with Crippen molar-refractivity contribution in [3.05, 3.63) is 24.3 Å². The van der Waals surface area contributed by atoms with Crippen molar-refractivity contribution < 1.29 is 39.8 Å². The second-order valence-corrected chi connectivity index (χ2v) is 17.5. The van der Waals surface area contributed by atoms with Gasteiger partial charge in [0.15, 0.2) is 6.29 Å². The number of ether oxygens (including phenoxy) is 2. The van der Waals surface area contributed by atoms with Gasteiger partial charge in [-0.3, -0.25) is 4.79 Å². The highest BCUT2D eigenvalue weighted by Gasteiger charge is 2.44. The van der Waals surface area contributed by atoms with Gasteiger partial charge in [-0.15, -0.1) is 0 Å². The number of nitrogens with one attached hydrogen (secondary N) is 1. The second-order valence-electron chi connectivity index (χ2n) is 17.5. The lowest BCUT2D eigenvalue weighted by atomic mass is 9.99. The van der Waals surface area contributed by atoms with Crippen LogP contribution in [0.25, 0.3) is 0 Å². The van der Waals surface area contributed by atoms with Crippen LogP contribution in [0.3, 0.4) is 0 Å². The minimum Gasteiger partial charge on any atom is -0.394 e. The third-order valence-corrected chi connectivity index (χ3v) is 12.1. The molecule has 0 radical (unpaired) electrons. The Morgan fingerprint density at radius 3 is 1.60 bits per heavy atom. The quantitative estimate of drug-likeness (QED) is 0.0264. The van der Waals surface area contributed by atoms with Gasteiger partial charge in [-0.05, 0) is 44.4 Å². The molecular weight excluding hydrogens is 731 g/mol. The number of hydrogen-bond acceptors (Lipinski definition) is 8. The van der Waals surface area contributed by atoms with E-state index in [2.05, 4.69) is 38.2 Å². The molecule has 6 N–H and O–H groups in total. The monoisotopic (exact) mass is 824 g/mol. The number of carbonyl (C=O) groups excluding carboxylic acids is 1. The number of aliphatic hydroxyl groups is 5. The zero-order chi connectivity index (χ0) is 42.5. The lowest BCUT2D eigenvalue weighted by Crippen LogP contribution is -2.60. The van der Waals surface area contributed by atoms with Gasteiger partial charge in [-0.1, -0.05) is 199 Å². The van der Waals surface area contributed by atoms with Gasteiger partial charge in [0.05, 0.1) is 25.4 Å². The molecule has 342 valence electrons. The topological polar surface area (TPSA) is 149 Å². The van der Waals surface area contributed by atoms with Crippen molar-refractivity contribution in [1.82, 2.24) is 5.32 Å². The molecule has 1 aliphatic heterocycles. The third-order valence-electron chi connectivity index (χ3n) is 12.1. The van der Waals surface area contributed by atoms with E-state index >= 15 is 0 Å². The number of unbranched alkanes of at least 4 members (excludes halogenated alkanes) is 25. The average molecular weight is 824 g/mol. The van der Waals surface area contributed by atoms with Gasteiger partial charge >= 0.3 is 0 Å². The van der Waals surface area contributed by atoms with Crippen molar-refractivity contribution in [2.45, 2.75) is 263 Å². The van der Waals surface area contributed by atoms with Crippen LogP contribution in [-0.4, -0.2) is 87.5 Å². The molecule has 0 aromatic carbocycles. The van der Waals surface area contributed by atoms with Crippen LogP contribution in [0.15, 0.2) is 24.3 Å². The number of allylic oxidation sites excluding steroid dienone is 3. The van der Waals surface area contributed by atoms with Gasteiger partial charge in [0.1, 0.15) is 24.4 Å². The summed E-state index contributed by atoms with van der Waals surface area (Å²) in [6.45, 7) is 6.12. The van der Waals surface area contributed by atoms with Crippen LogP contribution in [0.2, 0.25) is 0 Å². The molecule has 8 unspecified atom stereocenters. The van der Waals surface area contributed by atoms with E-state index in [0.29, 0.717) is 12.8 Å². The van der Waals surface area contributed by atoms with Crippen LogP contribution in [0.4, 0.5) is 0 Å². The Labute approximate surface area is 356 Å². The normalized spacial score (nSPS) is 21.6. The first-order valence-electron chi connectivity index (χ1n) is 24.5. The summed E-state index contributed by atoms with van der Waals surface area (Å²) in [5.74, 6) is 0.634. The summed E-state index contributed by atoms with van der Waals surface area (Å²) in [5.41, 5.74) is 0. The first-order valence-corrected chi connectivity index (χ1v) is 24.5. The molecule has 58 heavy (non-hydrogen) atoms. The fraction of sp³-hybridized carbons (Fsp3) is 0.898. The van der Waals surface area contributed by atoms with Crippen LogP contribution >= 0.6 is 0 Å². The fourth-order valence-electron chi connectivity index (χ4n) is 7.72. The Morgan fingerprint density at radius 1 is 0.638 bits per heavy atom. The van der Waals surface area contributed by atoms with Crippen LogP contribution in [0.5, 0.6) is 0 Å². The molecule has 0 aromatic heterocycles. The Bertz CT molecular complexity index is 976. The van der Waals surface area contributed by atoms with Gasteiger partial charge in [-0.2, -0.15) is 0 Å². The van der Waals surface area contributed by atoms with E-state index in [-0.39, 0.29) is 12.5 Å². The van der Waals surface area contributed by atoms with Gasteiger partial charge in [0.25, 0.3) is 0 Å². The maximum Gasteiger partial charge on any atom is 0.220 e. The van der Waals surface area contributed by atoms with Crippen molar-refractivity contribution in [2.24, 2.45) is 5.92 Å². The predicted molar refractivity (Wildman–Crippen MR) is 240 cm³/mol. The molecule has 9 nitrogen and oxygen atoms in total. The second kappa shape index (κ2) is 38.6. The third kappa shape index (κ3) is 29.0. The van der Waals surface area contributed by atoms with Gasteiger partial charge in [0.2, 0.25) is 5.91 Å². The van der Waals surface area contributed by atoms with E-state index in [1.54, 1.807) is 6.08 Å². The van der Waals surface area contributed by atoms with Crippen molar-refractivity contribution in [3.8, 4) is 0 Å². The zero-order valence-electron chi connectivity index (χ0n) is 37.7. The molecule has 8 atom stereocenters. The number of rotatable bonds is 40. The molecule has 0 bridgehead atoms. The Morgan fingerprint density at radius 2 is 1.10 bits per heavy atom.